The van der Waals surface area contributed by atoms with Crippen molar-refractivity contribution in [2.24, 2.45) is 0 Å². The van der Waals surface area contributed by atoms with Crippen molar-refractivity contribution in [3.05, 3.63) is 34.2 Å². The smallest absolute Gasteiger partial charge is 0.251 e. The first-order valence-electron chi connectivity index (χ1n) is 6.32. The predicted molar refractivity (Wildman–Crippen MR) is 74.1 cm³/mol. The van der Waals surface area contributed by atoms with E-state index in [2.05, 4.69) is 17.2 Å². The summed E-state index contributed by atoms with van der Waals surface area (Å²) < 4.78 is 0. The molecule has 2 atom stereocenters. The van der Waals surface area contributed by atoms with Crippen LogP contribution < -0.4 is 10.9 Å². The molecule has 0 spiro atoms. The Balaban J connectivity index is 2.01. The van der Waals surface area contributed by atoms with Gasteiger partial charge in [0.05, 0.1) is 0 Å². The van der Waals surface area contributed by atoms with E-state index >= 15 is 0 Å². The lowest BCUT2D eigenvalue weighted by atomic mass is 10.2. The lowest BCUT2D eigenvalue weighted by Gasteiger charge is -2.20. The number of aromatic nitrogens is 1. The molecule has 0 bridgehead atoms. The van der Waals surface area contributed by atoms with Crippen molar-refractivity contribution in [2.45, 2.75) is 37.5 Å². The zero-order valence-corrected chi connectivity index (χ0v) is 11.3. The van der Waals surface area contributed by atoms with Crippen molar-refractivity contribution >= 4 is 17.7 Å². The van der Waals surface area contributed by atoms with Crippen LogP contribution in [0, 0.1) is 0 Å². The molecule has 5 heteroatoms. The van der Waals surface area contributed by atoms with E-state index in [0.717, 1.165) is 18.6 Å². The molecule has 1 amide bonds. The van der Waals surface area contributed by atoms with Gasteiger partial charge in [-0.15, -0.1) is 0 Å². The second-order valence-electron chi connectivity index (χ2n) is 4.45. The molecular weight excluding hydrogens is 248 g/mol. The molecule has 2 rings (SSSR count). The van der Waals surface area contributed by atoms with Crippen LogP contribution in [0.4, 0.5) is 0 Å². The summed E-state index contributed by atoms with van der Waals surface area (Å²) in [5.74, 6) is 0.928. The molecular formula is C13H18N2O2S. The van der Waals surface area contributed by atoms with Crippen LogP contribution >= 0.6 is 11.8 Å². The third-order valence-electron chi connectivity index (χ3n) is 3.19. The van der Waals surface area contributed by atoms with Gasteiger partial charge in [0.15, 0.2) is 0 Å². The lowest BCUT2D eigenvalue weighted by molar-refractivity contribution is 0.0938. The Kier molecular flexibility index (Phi) is 4.47. The highest BCUT2D eigenvalue weighted by Crippen LogP contribution is 2.29. The summed E-state index contributed by atoms with van der Waals surface area (Å²) in [4.78, 5) is 25.7. The molecule has 1 aromatic rings. The number of H-pyrrole nitrogens is 1. The van der Waals surface area contributed by atoms with Crippen molar-refractivity contribution in [1.82, 2.24) is 10.3 Å². The van der Waals surface area contributed by atoms with Crippen LogP contribution in [0.3, 0.4) is 0 Å². The molecule has 4 nitrogen and oxygen atoms in total. The molecule has 2 N–H and O–H groups in total. The van der Waals surface area contributed by atoms with E-state index in [1.807, 2.05) is 11.8 Å². The average Bonchev–Trinajstić information content (AvgIpc) is 2.77. The van der Waals surface area contributed by atoms with Crippen molar-refractivity contribution in [2.75, 3.05) is 5.75 Å². The highest BCUT2D eigenvalue weighted by molar-refractivity contribution is 7.99. The van der Waals surface area contributed by atoms with E-state index < -0.39 is 0 Å². The number of thioether (sulfide) groups is 1. The number of rotatable bonds is 4. The van der Waals surface area contributed by atoms with Crippen LogP contribution in [-0.4, -0.2) is 27.9 Å². The first-order chi connectivity index (χ1) is 8.70. The van der Waals surface area contributed by atoms with Crippen LogP contribution in [-0.2, 0) is 0 Å². The summed E-state index contributed by atoms with van der Waals surface area (Å²) in [7, 11) is 0. The van der Waals surface area contributed by atoms with Crippen LogP contribution in [0.5, 0.6) is 0 Å². The topological polar surface area (TPSA) is 62.0 Å². The molecule has 1 heterocycles. The van der Waals surface area contributed by atoms with Crippen LogP contribution in [0.1, 0.15) is 36.5 Å². The summed E-state index contributed by atoms with van der Waals surface area (Å²) in [6.07, 6.45) is 4.87. The van der Waals surface area contributed by atoms with E-state index in [9.17, 15) is 9.59 Å². The molecule has 0 saturated heterocycles. The van der Waals surface area contributed by atoms with Gasteiger partial charge in [0, 0.05) is 29.1 Å². The van der Waals surface area contributed by atoms with Crippen molar-refractivity contribution in [3.63, 3.8) is 0 Å². The molecule has 2 unspecified atom stereocenters. The van der Waals surface area contributed by atoms with Gasteiger partial charge < -0.3 is 10.3 Å². The standard InChI is InChI=1S/C13H18N2O2S/c1-2-18-11-5-3-4-10(11)15-13(17)9-6-7-14-12(16)8-9/h6-8,10-11H,2-5H2,1H3,(H,14,16)(H,15,17). The number of nitrogens with one attached hydrogen (secondary N) is 2. The minimum Gasteiger partial charge on any atom is -0.348 e. The van der Waals surface area contributed by atoms with Gasteiger partial charge in [-0.1, -0.05) is 13.3 Å². The fourth-order valence-corrected chi connectivity index (χ4v) is 3.54. The average molecular weight is 266 g/mol. The van der Waals surface area contributed by atoms with Gasteiger partial charge in [-0.2, -0.15) is 11.8 Å². The zero-order chi connectivity index (χ0) is 13.0. The van der Waals surface area contributed by atoms with E-state index in [0.29, 0.717) is 10.8 Å². The molecule has 0 aromatic carbocycles. The quantitative estimate of drug-likeness (QED) is 0.873. The van der Waals surface area contributed by atoms with Gasteiger partial charge >= 0.3 is 0 Å². The Morgan fingerprint density at radius 3 is 3.11 bits per heavy atom. The maximum Gasteiger partial charge on any atom is 0.251 e. The highest BCUT2D eigenvalue weighted by Gasteiger charge is 2.28. The largest absolute Gasteiger partial charge is 0.348 e. The molecule has 1 aliphatic carbocycles. The maximum absolute atomic E-state index is 12.0. The van der Waals surface area contributed by atoms with Crippen molar-refractivity contribution in [1.29, 1.82) is 0 Å². The SMILES string of the molecule is CCSC1CCCC1NC(=O)c1cc[nH]c(=O)c1. The number of carbonyl (C=O) groups is 1. The number of aromatic amines is 1. The van der Waals surface area contributed by atoms with E-state index in [1.165, 1.54) is 18.7 Å². The normalized spacial score (nSPS) is 22.9. The Hall–Kier alpha value is -1.23. The van der Waals surface area contributed by atoms with Gasteiger partial charge in [0.1, 0.15) is 0 Å². The van der Waals surface area contributed by atoms with Gasteiger partial charge in [0.25, 0.3) is 5.91 Å². The molecule has 1 fully saturated rings. The molecule has 0 radical (unpaired) electrons. The monoisotopic (exact) mass is 266 g/mol. The fourth-order valence-electron chi connectivity index (χ4n) is 2.34. The van der Waals surface area contributed by atoms with E-state index in [-0.39, 0.29) is 17.5 Å². The maximum atomic E-state index is 12.0. The number of hydrogen-bond acceptors (Lipinski definition) is 3. The van der Waals surface area contributed by atoms with Crippen LogP contribution in [0.25, 0.3) is 0 Å². The summed E-state index contributed by atoms with van der Waals surface area (Å²) in [6.45, 7) is 2.14. The number of carbonyl (C=O) groups excluding carboxylic acids is 1. The van der Waals surface area contributed by atoms with Crippen molar-refractivity contribution < 1.29 is 4.79 Å². The number of amides is 1. The van der Waals surface area contributed by atoms with E-state index in [1.54, 1.807) is 6.07 Å². The van der Waals surface area contributed by atoms with Crippen LogP contribution in [0.15, 0.2) is 23.1 Å². The van der Waals surface area contributed by atoms with Gasteiger partial charge in [0.2, 0.25) is 5.56 Å². The lowest BCUT2D eigenvalue weighted by Crippen LogP contribution is -2.39. The Morgan fingerprint density at radius 2 is 2.39 bits per heavy atom. The summed E-state index contributed by atoms with van der Waals surface area (Å²) in [6, 6.07) is 3.21. The third-order valence-corrected chi connectivity index (χ3v) is 4.51. The third kappa shape index (κ3) is 3.16. The second-order valence-corrected chi connectivity index (χ2v) is 5.96. The first-order valence-corrected chi connectivity index (χ1v) is 7.37. The summed E-state index contributed by atoms with van der Waals surface area (Å²) >= 11 is 1.90. The first kappa shape index (κ1) is 13.2. The molecule has 0 aliphatic heterocycles. The Labute approximate surface area is 111 Å². The Morgan fingerprint density at radius 1 is 1.56 bits per heavy atom. The van der Waals surface area contributed by atoms with Gasteiger partial charge in [-0.3, -0.25) is 9.59 Å². The highest BCUT2D eigenvalue weighted by atomic mass is 32.2. The Bertz CT molecular complexity index is 472. The zero-order valence-electron chi connectivity index (χ0n) is 10.4. The molecule has 1 aromatic heterocycles. The van der Waals surface area contributed by atoms with Crippen LogP contribution in [0.2, 0.25) is 0 Å². The van der Waals surface area contributed by atoms with E-state index in [4.69, 9.17) is 0 Å². The summed E-state index contributed by atoms with van der Waals surface area (Å²) in [5.41, 5.74) is 0.194. The van der Waals surface area contributed by atoms with Gasteiger partial charge in [-0.25, -0.2) is 0 Å². The van der Waals surface area contributed by atoms with Gasteiger partial charge in [-0.05, 0) is 24.7 Å². The predicted octanol–water partition coefficient (Wildman–Crippen LogP) is 1.78. The number of pyridine rings is 1. The molecule has 18 heavy (non-hydrogen) atoms. The second kappa shape index (κ2) is 6.09. The minimum absolute atomic E-state index is 0.144. The van der Waals surface area contributed by atoms with Crippen molar-refractivity contribution in [3.8, 4) is 0 Å². The summed E-state index contributed by atoms with van der Waals surface area (Å²) in [5, 5.41) is 3.56. The fraction of sp³-hybridized carbons (Fsp3) is 0.538. The molecule has 1 aliphatic rings. The minimum atomic E-state index is -0.242. The molecule has 98 valence electrons. The molecule has 1 saturated carbocycles. The number of hydrogen-bond donors (Lipinski definition) is 2.